The Bertz CT molecular complexity index is 1150. The number of hydrogen-bond acceptors (Lipinski definition) is 6. The van der Waals surface area contributed by atoms with Crippen molar-refractivity contribution < 1.29 is 27.6 Å². The predicted molar refractivity (Wildman–Crippen MR) is 145 cm³/mol. The van der Waals surface area contributed by atoms with E-state index in [0.29, 0.717) is 35.0 Å². The fraction of sp³-hybridized carbons (Fsp3) is 0.538. The molecule has 2 unspecified atom stereocenters. The van der Waals surface area contributed by atoms with Crippen molar-refractivity contribution in [2.45, 2.75) is 53.8 Å². The minimum Gasteiger partial charge on any atom is -0.404 e. The van der Waals surface area contributed by atoms with Crippen LogP contribution in [-0.2, 0) is 14.4 Å². The average molecular weight is 575 g/mol. The van der Waals surface area contributed by atoms with Crippen molar-refractivity contribution in [2.75, 3.05) is 19.6 Å². The van der Waals surface area contributed by atoms with Gasteiger partial charge in [-0.25, -0.2) is 0 Å². The summed E-state index contributed by atoms with van der Waals surface area (Å²) in [7, 11) is 0. The molecule has 0 saturated carbocycles. The van der Waals surface area contributed by atoms with Crippen molar-refractivity contribution in [3.8, 4) is 6.07 Å². The van der Waals surface area contributed by atoms with Crippen LogP contribution in [0.15, 0.2) is 18.2 Å². The molecule has 1 aliphatic heterocycles. The Kier molecular flexibility index (Phi) is 14.4. The number of amides is 3. The first-order chi connectivity index (χ1) is 17.9. The van der Waals surface area contributed by atoms with E-state index in [-0.39, 0.29) is 17.0 Å². The highest BCUT2D eigenvalue weighted by Crippen LogP contribution is 2.34. The third kappa shape index (κ3) is 11.9. The van der Waals surface area contributed by atoms with Gasteiger partial charge in [0.25, 0.3) is 0 Å². The van der Waals surface area contributed by atoms with Gasteiger partial charge >= 0.3 is 12.1 Å². The SMILES string of the molecule is CC(C)C.CC1CN(C(=O)CNC(=O)C(F)(F)F)CC1(C)C.N#CC(NC=O)/C(N)=c1\c(Cl)ccc\c1=C\N. The topological polar surface area (TPSA) is 154 Å². The third-order valence-electron chi connectivity index (χ3n) is 5.63. The summed E-state index contributed by atoms with van der Waals surface area (Å²) < 4.78 is 35.8. The lowest BCUT2D eigenvalue weighted by Gasteiger charge is -2.22. The summed E-state index contributed by atoms with van der Waals surface area (Å²) in [5.74, 6) is -1.45. The highest BCUT2D eigenvalue weighted by molar-refractivity contribution is 6.30. The fourth-order valence-electron chi connectivity index (χ4n) is 3.24. The van der Waals surface area contributed by atoms with Gasteiger partial charge in [-0.3, -0.25) is 14.4 Å². The van der Waals surface area contributed by atoms with Crippen LogP contribution < -0.4 is 32.5 Å². The number of nitrogens with two attached hydrogens (primary N) is 2. The second-order valence-corrected chi connectivity index (χ2v) is 10.7. The highest BCUT2D eigenvalue weighted by Gasteiger charge is 2.41. The number of rotatable bonds is 5. The third-order valence-corrected chi connectivity index (χ3v) is 5.94. The van der Waals surface area contributed by atoms with Crippen LogP contribution in [0.25, 0.3) is 11.9 Å². The molecular formula is C26H38ClF3N6O3. The van der Waals surface area contributed by atoms with Crippen molar-refractivity contribution >= 4 is 41.7 Å². The Morgan fingerprint density at radius 1 is 1.31 bits per heavy atom. The summed E-state index contributed by atoms with van der Waals surface area (Å²) in [6.07, 6.45) is -3.20. The normalized spacial score (nSPS) is 17.9. The number of nitriles is 1. The van der Waals surface area contributed by atoms with Gasteiger partial charge in [-0.1, -0.05) is 65.3 Å². The fourth-order valence-corrected chi connectivity index (χ4v) is 3.53. The second-order valence-electron chi connectivity index (χ2n) is 10.2. The van der Waals surface area contributed by atoms with E-state index in [1.807, 2.05) is 26.8 Å². The van der Waals surface area contributed by atoms with Gasteiger partial charge in [-0.15, -0.1) is 0 Å². The monoisotopic (exact) mass is 574 g/mol. The van der Waals surface area contributed by atoms with Crippen molar-refractivity contribution in [1.29, 1.82) is 5.26 Å². The van der Waals surface area contributed by atoms with E-state index in [4.69, 9.17) is 28.3 Å². The second kappa shape index (κ2) is 15.8. The van der Waals surface area contributed by atoms with Crippen LogP contribution in [-0.4, -0.2) is 55.0 Å². The molecule has 1 fully saturated rings. The summed E-state index contributed by atoms with van der Waals surface area (Å²) >= 11 is 6.00. The molecule has 0 radical (unpaired) electrons. The van der Waals surface area contributed by atoms with Crippen LogP contribution in [0.5, 0.6) is 0 Å². The van der Waals surface area contributed by atoms with Crippen LogP contribution in [0, 0.1) is 28.6 Å². The van der Waals surface area contributed by atoms with E-state index in [9.17, 15) is 27.6 Å². The van der Waals surface area contributed by atoms with E-state index in [2.05, 4.69) is 26.1 Å². The minimum absolute atomic E-state index is 0.0519. The first kappa shape index (κ1) is 35.5. The Labute approximate surface area is 232 Å². The van der Waals surface area contributed by atoms with Crippen molar-refractivity contribution in [3.05, 3.63) is 33.7 Å². The molecule has 0 aliphatic carbocycles. The maximum absolute atomic E-state index is 11.9. The summed E-state index contributed by atoms with van der Waals surface area (Å²) in [5.41, 5.74) is 11.4. The van der Waals surface area contributed by atoms with E-state index in [1.165, 1.54) is 11.1 Å². The van der Waals surface area contributed by atoms with Gasteiger partial charge in [0.2, 0.25) is 12.3 Å². The first-order valence-corrected chi connectivity index (χ1v) is 12.5. The number of likely N-dealkylation sites (tertiary alicyclic amines) is 1. The van der Waals surface area contributed by atoms with Gasteiger partial charge in [0.05, 0.1) is 23.3 Å². The molecule has 1 aromatic rings. The molecule has 0 bridgehead atoms. The zero-order valence-electron chi connectivity index (χ0n) is 23.0. The Balaban J connectivity index is 0.000000652. The minimum atomic E-state index is -4.95. The summed E-state index contributed by atoms with van der Waals surface area (Å²) in [5, 5.41) is 14.2. The number of alkyl halides is 3. The number of halogens is 4. The van der Waals surface area contributed by atoms with Crippen LogP contribution >= 0.6 is 11.6 Å². The number of carbonyl (C=O) groups is 3. The molecule has 218 valence electrons. The van der Waals surface area contributed by atoms with Crippen molar-refractivity contribution in [3.63, 3.8) is 0 Å². The molecule has 0 aromatic heterocycles. The molecule has 0 spiro atoms. The molecule has 39 heavy (non-hydrogen) atoms. The number of nitrogens with zero attached hydrogens (tertiary/aromatic N) is 2. The highest BCUT2D eigenvalue weighted by atomic mass is 35.5. The molecule has 9 nitrogen and oxygen atoms in total. The lowest BCUT2D eigenvalue weighted by atomic mass is 9.84. The van der Waals surface area contributed by atoms with Gasteiger partial charge in [0.1, 0.15) is 0 Å². The van der Waals surface area contributed by atoms with Crippen molar-refractivity contribution in [1.82, 2.24) is 15.5 Å². The van der Waals surface area contributed by atoms with Gasteiger partial charge in [0, 0.05) is 29.7 Å². The largest absolute Gasteiger partial charge is 0.471 e. The van der Waals surface area contributed by atoms with E-state index in [1.54, 1.807) is 23.5 Å². The lowest BCUT2D eigenvalue weighted by Crippen LogP contribution is -2.44. The van der Waals surface area contributed by atoms with Crippen LogP contribution in [0.3, 0.4) is 0 Å². The van der Waals surface area contributed by atoms with Crippen LogP contribution in [0.4, 0.5) is 13.2 Å². The molecule has 2 atom stereocenters. The first-order valence-electron chi connectivity index (χ1n) is 12.1. The van der Waals surface area contributed by atoms with Gasteiger partial charge in [0.15, 0.2) is 6.04 Å². The zero-order valence-corrected chi connectivity index (χ0v) is 23.8. The Morgan fingerprint density at radius 2 is 1.87 bits per heavy atom. The summed E-state index contributed by atoms with van der Waals surface area (Å²) in [6.45, 7) is 12.9. The maximum atomic E-state index is 11.9. The zero-order chi connectivity index (χ0) is 30.6. The molecular weight excluding hydrogens is 537 g/mol. The average Bonchev–Trinajstić information content (AvgIpc) is 3.11. The van der Waals surface area contributed by atoms with E-state index < -0.39 is 30.6 Å². The Hall–Kier alpha value is -3.46. The lowest BCUT2D eigenvalue weighted by molar-refractivity contribution is -0.174. The van der Waals surface area contributed by atoms with Crippen LogP contribution in [0.2, 0.25) is 5.02 Å². The Morgan fingerprint density at radius 3 is 2.28 bits per heavy atom. The number of nitrogens with one attached hydrogen (secondary N) is 2. The molecule has 3 amide bonds. The molecule has 1 heterocycles. The maximum Gasteiger partial charge on any atom is 0.471 e. The quantitative estimate of drug-likeness (QED) is 0.391. The van der Waals surface area contributed by atoms with E-state index >= 15 is 0 Å². The van der Waals surface area contributed by atoms with E-state index in [0.717, 1.165) is 5.92 Å². The predicted octanol–water partition coefficient (Wildman–Crippen LogP) is 1.57. The standard InChI is InChI=1S/C11H11ClN4O.C11H17F3N2O2.C4H10/c12-8-3-1-2-7(4-13)10(8)11(15)9(5-14)16-6-17;1-7-5-16(6-10(7,2)3)8(17)4-15-9(18)11(12,13)14;1-4(2)3/h1-4,6,9H,13,15H2,(H,16,17);7H,4-6H2,1-3H3,(H,15,18);4H,1-3H3/b7-4-,11-10+;;. The molecule has 1 aliphatic rings. The molecule has 13 heteroatoms. The number of benzene rings is 1. The smallest absolute Gasteiger partial charge is 0.404 e. The van der Waals surface area contributed by atoms with Gasteiger partial charge in [-0.05, 0) is 23.3 Å². The van der Waals surface area contributed by atoms with Crippen molar-refractivity contribution in [2.24, 2.45) is 28.7 Å². The summed E-state index contributed by atoms with van der Waals surface area (Å²) in [6, 6.07) is 5.98. The van der Waals surface area contributed by atoms with Gasteiger partial charge < -0.3 is 27.0 Å². The molecule has 1 saturated heterocycles. The summed E-state index contributed by atoms with van der Waals surface area (Å²) in [4.78, 5) is 34.1. The molecule has 1 aromatic carbocycles. The number of carbonyl (C=O) groups excluding carboxylic acids is 3. The van der Waals surface area contributed by atoms with Crippen LogP contribution in [0.1, 0.15) is 41.5 Å². The number of hydrogen-bond donors (Lipinski definition) is 4. The molecule has 6 N–H and O–H groups in total. The molecule has 2 rings (SSSR count). The van der Waals surface area contributed by atoms with Gasteiger partial charge in [-0.2, -0.15) is 18.4 Å².